The second-order valence-electron chi connectivity index (χ2n) is 6.42. The zero-order chi connectivity index (χ0) is 22.2. The van der Waals surface area contributed by atoms with E-state index in [1.807, 2.05) is 0 Å². The first-order chi connectivity index (χ1) is 14.1. The van der Waals surface area contributed by atoms with Crippen LogP contribution in [0, 0.1) is 0 Å². The fourth-order valence-corrected chi connectivity index (χ4v) is 4.44. The normalized spacial score (nSPS) is 10.8. The molecular weight excluding hydrogens is 561 g/mol. The maximum absolute atomic E-state index is 13.4. The SMILES string of the molecule is CN(C)C(=O)c1cc(Cl)cc(Br)c1N(C)C(=O)c1cc(Br)nn1-c1ncccc1Cl. The molecule has 1 aromatic carbocycles. The van der Waals surface area contributed by atoms with Gasteiger partial charge in [-0.05, 0) is 56.1 Å². The van der Waals surface area contributed by atoms with Gasteiger partial charge in [0.1, 0.15) is 10.3 Å². The lowest BCUT2D eigenvalue weighted by Crippen LogP contribution is -2.32. The van der Waals surface area contributed by atoms with E-state index in [0.29, 0.717) is 30.6 Å². The summed E-state index contributed by atoms with van der Waals surface area (Å²) in [6, 6.07) is 8.04. The lowest BCUT2D eigenvalue weighted by Gasteiger charge is -2.24. The molecule has 0 unspecified atom stereocenters. The van der Waals surface area contributed by atoms with Gasteiger partial charge in [-0.25, -0.2) is 9.67 Å². The van der Waals surface area contributed by atoms with Crippen molar-refractivity contribution in [2.75, 3.05) is 26.0 Å². The van der Waals surface area contributed by atoms with Gasteiger partial charge in [0.15, 0.2) is 5.82 Å². The first kappa shape index (κ1) is 22.7. The van der Waals surface area contributed by atoms with Gasteiger partial charge in [0, 0.05) is 42.9 Å². The highest BCUT2D eigenvalue weighted by molar-refractivity contribution is 9.10. The fourth-order valence-electron chi connectivity index (χ4n) is 2.78. The Morgan fingerprint density at radius 2 is 1.77 bits per heavy atom. The molecule has 156 valence electrons. The second kappa shape index (κ2) is 9.05. The van der Waals surface area contributed by atoms with E-state index in [-0.39, 0.29) is 17.2 Å². The first-order valence-electron chi connectivity index (χ1n) is 8.47. The summed E-state index contributed by atoms with van der Waals surface area (Å²) in [4.78, 5) is 33.2. The average Bonchev–Trinajstić information content (AvgIpc) is 3.07. The molecule has 7 nitrogen and oxygen atoms in total. The molecule has 0 fully saturated rings. The van der Waals surface area contributed by atoms with E-state index >= 15 is 0 Å². The Morgan fingerprint density at radius 3 is 2.40 bits per heavy atom. The summed E-state index contributed by atoms with van der Waals surface area (Å²) in [5.74, 6) is -0.414. The van der Waals surface area contributed by atoms with Crippen LogP contribution in [0.25, 0.3) is 5.82 Å². The van der Waals surface area contributed by atoms with Crippen LogP contribution in [-0.4, -0.2) is 52.6 Å². The van der Waals surface area contributed by atoms with Crippen LogP contribution in [0.1, 0.15) is 20.8 Å². The van der Waals surface area contributed by atoms with Crippen molar-refractivity contribution in [2.45, 2.75) is 0 Å². The topological polar surface area (TPSA) is 71.3 Å². The van der Waals surface area contributed by atoms with Gasteiger partial charge in [0.25, 0.3) is 11.8 Å². The zero-order valence-electron chi connectivity index (χ0n) is 16.0. The Hall–Kier alpha value is -1.94. The van der Waals surface area contributed by atoms with Gasteiger partial charge in [-0.3, -0.25) is 9.59 Å². The summed E-state index contributed by atoms with van der Waals surface area (Å²) in [7, 11) is 4.81. The van der Waals surface area contributed by atoms with Crippen LogP contribution in [0.15, 0.2) is 45.6 Å². The van der Waals surface area contributed by atoms with Gasteiger partial charge in [0.2, 0.25) is 0 Å². The third-order valence-corrected chi connectivity index (χ3v) is 5.65. The van der Waals surface area contributed by atoms with Crippen LogP contribution in [-0.2, 0) is 0 Å². The number of carbonyl (C=O) groups excluding carboxylic acids is 2. The molecule has 3 rings (SSSR count). The van der Waals surface area contributed by atoms with Crippen molar-refractivity contribution in [1.82, 2.24) is 19.7 Å². The number of pyridine rings is 1. The number of amides is 2. The summed E-state index contributed by atoms with van der Waals surface area (Å²) in [5, 5.41) is 4.99. The summed E-state index contributed by atoms with van der Waals surface area (Å²) in [6.07, 6.45) is 1.55. The predicted molar refractivity (Wildman–Crippen MR) is 124 cm³/mol. The van der Waals surface area contributed by atoms with E-state index in [0.717, 1.165) is 0 Å². The van der Waals surface area contributed by atoms with E-state index in [1.165, 1.54) is 20.5 Å². The molecule has 11 heteroatoms. The Bertz CT molecular complexity index is 1150. The number of hydrogen-bond acceptors (Lipinski definition) is 4. The maximum Gasteiger partial charge on any atom is 0.276 e. The van der Waals surface area contributed by atoms with Crippen molar-refractivity contribution in [3.05, 3.63) is 66.9 Å². The number of carbonyl (C=O) groups is 2. The largest absolute Gasteiger partial charge is 0.345 e. The first-order valence-corrected chi connectivity index (χ1v) is 10.8. The molecular formula is C19H15Br2Cl2N5O2. The molecule has 3 aromatic rings. The van der Waals surface area contributed by atoms with E-state index in [4.69, 9.17) is 23.2 Å². The van der Waals surface area contributed by atoms with Gasteiger partial charge in [-0.1, -0.05) is 23.2 Å². The maximum atomic E-state index is 13.4. The van der Waals surface area contributed by atoms with Crippen molar-refractivity contribution in [3.8, 4) is 5.82 Å². The van der Waals surface area contributed by atoms with Crippen molar-refractivity contribution in [1.29, 1.82) is 0 Å². The molecule has 0 radical (unpaired) electrons. The lowest BCUT2D eigenvalue weighted by molar-refractivity contribution is 0.0828. The quantitative estimate of drug-likeness (QED) is 0.435. The van der Waals surface area contributed by atoms with Crippen molar-refractivity contribution in [2.24, 2.45) is 0 Å². The summed E-state index contributed by atoms with van der Waals surface area (Å²) >= 11 is 19.1. The van der Waals surface area contributed by atoms with Crippen molar-refractivity contribution in [3.63, 3.8) is 0 Å². The van der Waals surface area contributed by atoms with Gasteiger partial charge in [-0.2, -0.15) is 5.10 Å². The minimum absolute atomic E-state index is 0.204. The molecule has 2 heterocycles. The molecule has 0 bridgehead atoms. The van der Waals surface area contributed by atoms with Crippen molar-refractivity contribution < 1.29 is 9.59 Å². The number of rotatable bonds is 4. The molecule has 0 atom stereocenters. The van der Waals surface area contributed by atoms with Crippen LogP contribution < -0.4 is 4.90 Å². The molecule has 0 N–H and O–H groups in total. The minimum atomic E-state index is -0.425. The van der Waals surface area contributed by atoms with Crippen LogP contribution in [0.5, 0.6) is 0 Å². The van der Waals surface area contributed by atoms with E-state index in [2.05, 4.69) is 41.9 Å². The highest BCUT2D eigenvalue weighted by Crippen LogP contribution is 2.35. The Morgan fingerprint density at radius 1 is 1.07 bits per heavy atom. The van der Waals surface area contributed by atoms with Gasteiger partial charge in [-0.15, -0.1) is 0 Å². The number of halogens is 4. The average molecular weight is 576 g/mol. The van der Waals surface area contributed by atoms with Gasteiger partial charge < -0.3 is 9.80 Å². The van der Waals surface area contributed by atoms with E-state index < -0.39 is 5.91 Å². The zero-order valence-corrected chi connectivity index (χ0v) is 20.7. The van der Waals surface area contributed by atoms with Crippen LogP contribution in [0.4, 0.5) is 5.69 Å². The third kappa shape index (κ3) is 4.39. The molecule has 2 amide bonds. The number of aromatic nitrogens is 3. The molecule has 0 spiro atoms. The fraction of sp³-hybridized carbons (Fsp3) is 0.158. The van der Waals surface area contributed by atoms with Crippen LogP contribution >= 0.6 is 55.1 Å². The van der Waals surface area contributed by atoms with Gasteiger partial charge in [0.05, 0.1) is 16.3 Å². The minimum Gasteiger partial charge on any atom is -0.345 e. The third-order valence-electron chi connectivity index (χ3n) is 4.14. The molecule has 0 aliphatic rings. The Labute approximate surface area is 199 Å². The molecule has 0 saturated heterocycles. The Balaban J connectivity index is 2.13. The monoisotopic (exact) mass is 573 g/mol. The molecule has 0 aliphatic carbocycles. The predicted octanol–water partition coefficient (Wildman–Crippen LogP) is 5.08. The van der Waals surface area contributed by atoms with Crippen LogP contribution in [0.2, 0.25) is 10.0 Å². The highest BCUT2D eigenvalue weighted by Gasteiger charge is 2.27. The summed E-state index contributed by atoms with van der Waals surface area (Å²) < 4.78 is 2.28. The van der Waals surface area contributed by atoms with Crippen molar-refractivity contribution >= 4 is 72.6 Å². The van der Waals surface area contributed by atoms with Crippen LogP contribution in [0.3, 0.4) is 0 Å². The molecule has 2 aromatic heterocycles. The highest BCUT2D eigenvalue weighted by atomic mass is 79.9. The standard InChI is InChI=1S/C19H15Br2Cl2N5O2/c1-26(2)18(29)11-7-10(22)8-12(20)16(11)27(3)19(30)14-9-15(21)25-28(14)17-13(23)5-4-6-24-17/h4-9H,1-3H3. The molecule has 0 aliphatic heterocycles. The number of hydrogen-bond donors (Lipinski definition) is 0. The molecule has 30 heavy (non-hydrogen) atoms. The number of anilines is 1. The van der Waals surface area contributed by atoms with E-state index in [1.54, 1.807) is 51.6 Å². The van der Waals surface area contributed by atoms with E-state index in [9.17, 15) is 9.59 Å². The summed E-state index contributed by atoms with van der Waals surface area (Å²) in [6.45, 7) is 0. The number of nitrogens with zero attached hydrogens (tertiary/aromatic N) is 5. The Kier molecular flexibility index (Phi) is 6.86. The molecule has 0 saturated carbocycles. The summed E-state index contributed by atoms with van der Waals surface area (Å²) in [5.41, 5.74) is 0.852. The lowest BCUT2D eigenvalue weighted by atomic mass is 10.1. The van der Waals surface area contributed by atoms with Gasteiger partial charge >= 0.3 is 0 Å². The smallest absolute Gasteiger partial charge is 0.276 e. The number of benzene rings is 1. The second-order valence-corrected chi connectivity index (χ2v) is 8.93.